The first-order valence-electron chi connectivity index (χ1n) is 11.2. The van der Waals surface area contributed by atoms with Crippen LogP contribution < -0.4 is 0 Å². The van der Waals surface area contributed by atoms with Gasteiger partial charge in [0.2, 0.25) is 0 Å². The second-order valence-corrected chi connectivity index (χ2v) is 9.81. The number of fused-ring (bicyclic) bond motifs is 2. The number of carbonyl (C=O) groups excluding carboxylic acids is 1. The van der Waals surface area contributed by atoms with Crippen molar-refractivity contribution in [3.05, 3.63) is 35.8 Å². The molecule has 0 spiro atoms. The van der Waals surface area contributed by atoms with Crippen molar-refractivity contribution in [1.82, 2.24) is 4.90 Å². The highest BCUT2D eigenvalue weighted by Gasteiger charge is 2.51. The molecule has 1 aromatic rings. The van der Waals surface area contributed by atoms with Crippen LogP contribution in [0.25, 0.3) is 0 Å². The predicted octanol–water partition coefficient (Wildman–Crippen LogP) is 3.40. The number of esters is 1. The Hall–Kier alpha value is -1.63. The average Bonchev–Trinajstić information content (AvgIpc) is 3.28. The van der Waals surface area contributed by atoms with Crippen LogP contribution in [0.5, 0.6) is 0 Å². The van der Waals surface area contributed by atoms with Crippen LogP contribution in [0, 0.1) is 23.2 Å². The highest BCUT2D eigenvalue weighted by Crippen LogP contribution is 2.53. The fraction of sp³-hybridized carbons (Fsp3) is 0.708. The van der Waals surface area contributed by atoms with Crippen molar-refractivity contribution in [3.63, 3.8) is 0 Å². The minimum absolute atomic E-state index is 0.00324. The van der Waals surface area contributed by atoms with Crippen LogP contribution in [0.3, 0.4) is 0 Å². The molecule has 6 atom stereocenters. The largest absolute Gasteiger partial charge is 0.467 e. The van der Waals surface area contributed by atoms with E-state index in [0.717, 1.165) is 12.2 Å². The quantitative estimate of drug-likeness (QED) is 0.516. The molecule has 6 heteroatoms. The first-order valence-corrected chi connectivity index (χ1v) is 11.2. The van der Waals surface area contributed by atoms with Crippen LogP contribution in [-0.2, 0) is 20.9 Å². The molecule has 1 N–H and O–H groups in total. The Kier molecular flexibility index (Phi) is 6.37. The lowest BCUT2D eigenvalue weighted by molar-refractivity contribution is -0.145. The molecule has 30 heavy (non-hydrogen) atoms. The van der Waals surface area contributed by atoms with Crippen LogP contribution in [0.1, 0.15) is 45.3 Å². The topological polar surface area (TPSA) is 72.1 Å². The molecule has 1 saturated heterocycles. The number of rotatable bonds is 8. The van der Waals surface area contributed by atoms with Gasteiger partial charge in [0.25, 0.3) is 0 Å². The summed E-state index contributed by atoms with van der Waals surface area (Å²) in [7, 11) is 1.94. The minimum atomic E-state index is -0.621. The van der Waals surface area contributed by atoms with Crippen LogP contribution in [0.15, 0.2) is 34.5 Å². The molecule has 6 unspecified atom stereocenters. The first kappa shape index (κ1) is 21.6. The lowest BCUT2D eigenvalue weighted by Gasteiger charge is -2.46. The Morgan fingerprint density at radius 1 is 1.43 bits per heavy atom. The first-order chi connectivity index (χ1) is 14.4. The van der Waals surface area contributed by atoms with Crippen molar-refractivity contribution in [1.29, 1.82) is 0 Å². The maximum absolute atomic E-state index is 12.7. The van der Waals surface area contributed by atoms with Gasteiger partial charge >= 0.3 is 5.97 Å². The van der Waals surface area contributed by atoms with Crippen LogP contribution >= 0.6 is 0 Å². The Morgan fingerprint density at radius 3 is 3.03 bits per heavy atom. The summed E-state index contributed by atoms with van der Waals surface area (Å²) in [6.45, 7) is 6.27. The van der Waals surface area contributed by atoms with Crippen LogP contribution in [-0.4, -0.2) is 54.9 Å². The Labute approximate surface area is 179 Å². The molecule has 3 aliphatic rings. The summed E-state index contributed by atoms with van der Waals surface area (Å²) in [4.78, 5) is 14.7. The van der Waals surface area contributed by atoms with E-state index in [2.05, 4.69) is 19.9 Å². The molecule has 2 aliphatic carbocycles. The second-order valence-electron chi connectivity index (χ2n) is 9.81. The number of hydrogen-bond donors (Lipinski definition) is 1. The van der Waals surface area contributed by atoms with Crippen molar-refractivity contribution in [2.45, 2.75) is 58.3 Å². The van der Waals surface area contributed by atoms with Crippen molar-refractivity contribution in [2.75, 3.05) is 26.7 Å². The van der Waals surface area contributed by atoms with E-state index in [0.29, 0.717) is 25.6 Å². The zero-order valence-electron chi connectivity index (χ0n) is 18.4. The number of allylic oxidation sites excluding steroid dienone is 1. The normalized spacial score (nSPS) is 34.3. The summed E-state index contributed by atoms with van der Waals surface area (Å²) < 4.78 is 16.6. The van der Waals surface area contributed by atoms with E-state index < -0.39 is 6.10 Å². The van der Waals surface area contributed by atoms with Gasteiger partial charge < -0.3 is 23.9 Å². The van der Waals surface area contributed by atoms with Gasteiger partial charge in [0.15, 0.2) is 0 Å². The fourth-order valence-corrected chi connectivity index (χ4v) is 5.77. The molecule has 1 aromatic heterocycles. The molecule has 6 nitrogen and oxygen atoms in total. The smallest absolute Gasteiger partial charge is 0.311 e. The van der Waals surface area contributed by atoms with Gasteiger partial charge in [-0.1, -0.05) is 31.9 Å². The number of hydrogen-bond acceptors (Lipinski definition) is 6. The molecule has 0 aromatic carbocycles. The SMILES string of the molecule is CC1CCCC2(C)CC3OC(=O)C(CN(C)CC(O)COCc4ccco4)C3C=C12. The third-order valence-electron chi connectivity index (χ3n) is 7.25. The number of carbonyl (C=O) groups is 1. The van der Waals surface area contributed by atoms with E-state index in [9.17, 15) is 9.90 Å². The summed E-state index contributed by atoms with van der Waals surface area (Å²) in [5, 5.41) is 10.3. The van der Waals surface area contributed by atoms with Crippen molar-refractivity contribution >= 4 is 5.97 Å². The van der Waals surface area contributed by atoms with Gasteiger partial charge in [0.1, 0.15) is 18.5 Å². The molecule has 4 rings (SSSR count). The minimum Gasteiger partial charge on any atom is -0.467 e. The zero-order valence-corrected chi connectivity index (χ0v) is 18.4. The van der Waals surface area contributed by atoms with E-state index >= 15 is 0 Å². The molecule has 0 amide bonds. The summed E-state index contributed by atoms with van der Waals surface area (Å²) in [5.41, 5.74) is 1.72. The van der Waals surface area contributed by atoms with Gasteiger partial charge in [-0.3, -0.25) is 4.79 Å². The summed E-state index contributed by atoms with van der Waals surface area (Å²) in [6.07, 6.45) is 8.00. The molecule has 1 saturated carbocycles. The third-order valence-corrected chi connectivity index (χ3v) is 7.25. The monoisotopic (exact) mass is 417 g/mol. The molecular formula is C24H35NO5. The Bertz CT molecular complexity index is 760. The van der Waals surface area contributed by atoms with Crippen LogP contribution in [0.2, 0.25) is 0 Å². The molecule has 0 bridgehead atoms. The number of aliphatic hydroxyl groups is 1. The van der Waals surface area contributed by atoms with Gasteiger partial charge in [-0.25, -0.2) is 0 Å². The second kappa shape index (κ2) is 8.85. The zero-order chi connectivity index (χ0) is 21.3. The predicted molar refractivity (Wildman–Crippen MR) is 113 cm³/mol. The van der Waals surface area contributed by atoms with Gasteiger partial charge in [0.05, 0.1) is 24.9 Å². The molecule has 0 radical (unpaired) electrons. The lowest BCUT2D eigenvalue weighted by Crippen LogP contribution is -2.41. The maximum Gasteiger partial charge on any atom is 0.311 e. The highest BCUT2D eigenvalue weighted by atomic mass is 16.6. The molecular weight excluding hydrogens is 382 g/mol. The Morgan fingerprint density at radius 2 is 2.27 bits per heavy atom. The van der Waals surface area contributed by atoms with Crippen molar-refractivity contribution in [3.8, 4) is 0 Å². The number of aliphatic hydroxyl groups excluding tert-OH is 1. The van der Waals surface area contributed by atoms with Crippen molar-refractivity contribution < 1.29 is 23.8 Å². The third kappa shape index (κ3) is 4.51. The number of nitrogens with zero attached hydrogens (tertiary/aromatic N) is 1. The lowest BCUT2D eigenvalue weighted by atomic mass is 9.59. The molecule has 2 fully saturated rings. The number of likely N-dealkylation sites (N-methyl/N-ethyl adjacent to an activating group) is 1. The highest BCUT2D eigenvalue weighted by molar-refractivity contribution is 5.76. The summed E-state index contributed by atoms with van der Waals surface area (Å²) in [5.74, 6) is 1.22. The average molecular weight is 418 g/mol. The van der Waals surface area contributed by atoms with E-state index in [4.69, 9.17) is 13.9 Å². The van der Waals surface area contributed by atoms with Gasteiger partial charge in [-0.05, 0) is 49.8 Å². The molecule has 2 heterocycles. The number of ether oxygens (including phenoxy) is 2. The number of furan rings is 1. The van der Waals surface area contributed by atoms with E-state index in [1.54, 1.807) is 6.26 Å². The standard InChI is InChI=1S/C24H35NO5/c1-16-6-4-8-24(2)11-22-19(10-21(16)24)20(23(27)30-22)13-25(3)12-17(26)14-28-15-18-7-5-9-29-18/h5,7,9-10,16-17,19-20,22,26H,4,6,8,11-15H2,1-3H3. The van der Waals surface area contributed by atoms with E-state index in [-0.39, 0.29) is 35.9 Å². The summed E-state index contributed by atoms with van der Waals surface area (Å²) in [6, 6.07) is 3.66. The fourth-order valence-electron chi connectivity index (χ4n) is 5.77. The van der Waals surface area contributed by atoms with Gasteiger partial charge in [-0.2, -0.15) is 0 Å². The molecule has 1 aliphatic heterocycles. The van der Waals surface area contributed by atoms with Crippen molar-refractivity contribution in [2.24, 2.45) is 23.2 Å². The Balaban J connectivity index is 1.32. The molecule has 166 valence electrons. The maximum atomic E-state index is 12.7. The van der Waals surface area contributed by atoms with Gasteiger partial charge in [0, 0.05) is 19.0 Å². The summed E-state index contributed by atoms with van der Waals surface area (Å²) >= 11 is 0. The van der Waals surface area contributed by atoms with E-state index in [1.165, 1.54) is 24.8 Å². The van der Waals surface area contributed by atoms with Gasteiger partial charge in [-0.15, -0.1) is 0 Å². The van der Waals surface area contributed by atoms with E-state index in [1.807, 2.05) is 24.1 Å². The van der Waals surface area contributed by atoms with Crippen LogP contribution in [0.4, 0.5) is 0 Å².